The van der Waals surface area contributed by atoms with Crippen LogP contribution >= 0.6 is 24.0 Å². The van der Waals surface area contributed by atoms with Crippen molar-refractivity contribution in [3.8, 4) is 0 Å². The molecule has 0 saturated heterocycles. The standard InChI is InChI=1S/C18H27ClN2O.ClH/c1-4-5-6-10-16(14-21(2)3)18(20-22)13-12-15-9-7-8-11-17(15)19;/h7-9,11-13,16,22H,4-6,10,14H2,1-3H3;1H/b13-12+,20-18?;. The molecule has 130 valence electrons. The largest absolute Gasteiger partial charge is 0.411 e. The van der Waals surface area contributed by atoms with Crippen molar-refractivity contribution in [1.82, 2.24) is 4.90 Å². The van der Waals surface area contributed by atoms with Crippen LogP contribution in [0.1, 0.15) is 38.2 Å². The number of benzene rings is 1. The minimum absolute atomic E-state index is 0. The number of hydrogen-bond donors (Lipinski definition) is 1. The van der Waals surface area contributed by atoms with Crippen molar-refractivity contribution in [2.45, 2.75) is 32.6 Å². The molecule has 0 aliphatic carbocycles. The Kier molecular flexibility index (Phi) is 11.8. The summed E-state index contributed by atoms with van der Waals surface area (Å²) in [5.41, 5.74) is 1.65. The zero-order valence-corrected chi connectivity index (χ0v) is 15.8. The number of allylic oxidation sites excluding steroid dienone is 1. The van der Waals surface area contributed by atoms with Crippen molar-refractivity contribution in [3.05, 3.63) is 40.9 Å². The average Bonchev–Trinajstić information content (AvgIpc) is 2.49. The normalized spacial score (nSPS) is 13.3. The Bertz CT molecular complexity index is 502. The molecule has 0 radical (unpaired) electrons. The summed E-state index contributed by atoms with van der Waals surface area (Å²) in [7, 11) is 4.08. The third-order valence-electron chi connectivity index (χ3n) is 3.61. The minimum Gasteiger partial charge on any atom is -0.411 e. The predicted molar refractivity (Wildman–Crippen MR) is 103 cm³/mol. The number of nitrogens with zero attached hydrogens (tertiary/aromatic N) is 2. The number of unbranched alkanes of at least 4 members (excludes halogenated alkanes) is 2. The van der Waals surface area contributed by atoms with Crippen LogP contribution in [-0.2, 0) is 0 Å². The van der Waals surface area contributed by atoms with E-state index < -0.39 is 0 Å². The van der Waals surface area contributed by atoms with E-state index in [1.807, 2.05) is 50.5 Å². The van der Waals surface area contributed by atoms with Gasteiger partial charge in [-0.1, -0.05) is 67.2 Å². The van der Waals surface area contributed by atoms with E-state index >= 15 is 0 Å². The monoisotopic (exact) mass is 358 g/mol. The first kappa shape index (κ1) is 22.0. The van der Waals surface area contributed by atoms with E-state index in [2.05, 4.69) is 17.0 Å². The van der Waals surface area contributed by atoms with Crippen LogP contribution in [0.3, 0.4) is 0 Å². The maximum atomic E-state index is 9.40. The molecule has 23 heavy (non-hydrogen) atoms. The Balaban J connectivity index is 0.00000484. The van der Waals surface area contributed by atoms with Crippen molar-refractivity contribution in [1.29, 1.82) is 0 Å². The van der Waals surface area contributed by atoms with Crippen molar-refractivity contribution >= 4 is 35.8 Å². The molecule has 1 aromatic rings. The van der Waals surface area contributed by atoms with Gasteiger partial charge in [-0.25, -0.2) is 0 Å². The summed E-state index contributed by atoms with van der Waals surface area (Å²) >= 11 is 6.16. The number of oxime groups is 1. The fourth-order valence-electron chi connectivity index (χ4n) is 2.45. The molecule has 1 rings (SSSR count). The average molecular weight is 359 g/mol. The van der Waals surface area contributed by atoms with Gasteiger partial charge in [0.05, 0.1) is 5.71 Å². The fraction of sp³-hybridized carbons (Fsp3) is 0.500. The second-order valence-corrected chi connectivity index (χ2v) is 6.24. The summed E-state index contributed by atoms with van der Waals surface area (Å²) < 4.78 is 0. The van der Waals surface area contributed by atoms with Gasteiger partial charge in [0.1, 0.15) is 0 Å². The molecular formula is C18H28Cl2N2O. The molecule has 1 N–H and O–H groups in total. The Morgan fingerprint density at radius 3 is 2.57 bits per heavy atom. The van der Waals surface area contributed by atoms with Gasteiger partial charge in [0.2, 0.25) is 0 Å². The molecule has 1 unspecified atom stereocenters. The maximum absolute atomic E-state index is 9.40. The van der Waals surface area contributed by atoms with Gasteiger partial charge in [-0.3, -0.25) is 0 Å². The van der Waals surface area contributed by atoms with Crippen LogP contribution in [0.5, 0.6) is 0 Å². The molecule has 5 heteroatoms. The molecule has 0 heterocycles. The van der Waals surface area contributed by atoms with Gasteiger partial charge in [-0.05, 0) is 38.2 Å². The zero-order chi connectivity index (χ0) is 16.4. The van der Waals surface area contributed by atoms with Gasteiger partial charge in [-0.15, -0.1) is 12.4 Å². The molecule has 0 aliphatic rings. The second-order valence-electron chi connectivity index (χ2n) is 5.83. The lowest BCUT2D eigenvalue weighted by Gasteiger charge is -2.20. The Hall–Kier alpha value is -1.03. The lowest BCUT2D eigenvalue weighted by molar-refractivity contribution is 0.305. The van der Waals surface area contributed by atoms with Crippen LogP contribution < -0.4 is 0 Å². The van der Waals surface area contributed by atoms with Crippen molar-refractivity contribution in [2.75, 3.05) is 20.6 Å². The summed E-state index contributed by atoms with van der Waals surface area (Å²) in [6.07, 6.45) is 8.36. The highest BCUT2D eigenvalue weighted by Crippen LogP contribution is 2.19. The quantitative estimate of drug-likeness (QED) is 0.279. The highest BCUT2D eigenvalue weighted by atomic mass is 35.5. The van der Waals surface area contributed by atoms with Gasteiger partial charge in [0, 0.05) is 17.5 Å². The van der Waals surface area contributed by atoms with Gasteiger partial charge in [0.25, 0.3) is 0 Å². The van der Waals surface area contributed by atoms with Crippen LogP contribution in [0.15, 0.2) is 35.5 Å². The fourth-order valence-corrected chi connectivity index (χ4v) is 2.65. The van der Waals surface area contributed by atoms with Crippen molar-refractivity contribution < 1.29 is 5.21 Å². The predicted octanol–water partition coefficient (Wildman–Crippen LogP) is 5.36. The molecule has 1 atom stereocenters. The second kappa shape index (κ2) is 12.4. The highest BCUT2D eigenvalue weighted by molar-refractivity contribution is 6.32. The van der Waals surface area contributed by atoms with E-state index in [-0.39, 0.29) is 18.3 Å². The highest BCUT2D eigenvalue weighted by Gasteiger charge is 2.15. The van der Waals surface area contributed by atoms with E-state index in [9.17, 15) is 5.21 Å². The molecule has 0 aromatic heterocycles. The van der Waals surface area contributed by atoms with E-state index in [1.165, 1.54) is 12.8 Å². The molecule has 0 amide bonds. The number of hydrogen-bond acceptors (Lipinski definition) is 3. The van der Waals surface area contributed by atoms with Gasteiger partial charge in [0.15, 0.2) is 0 Å². The third kappa shape index (κ3) is 8.40. The minimum atomic E-state index is 0. The van der Waals surface area contributed by atoms with Crippen molar-refractivity contribution in [2.24, 2.45) is 11.1 Å². The van der Waals surface area contributed by atoms with Gasteiger partial charge in [-0.2, -0.15) is 0 Å². The maximum Gasteiger partial charge on any atom is 0.0839 e. The van der Waals surface area contributed by atoms with Crippen LogP contribution in [0.4, 0.5) is 0 Å². The number of halogens is 2. The van der Waals surface area contributed by atoms with Gasteiger partial charge < -0.3 is 10.1 Å². The Morgan fingerprint density at radius 1 is 1.30 bits per heavy atom. The smallest absolute Gasteiger partial charge is 0.0839 e. The first-order valence-electron chi connectivity index (χ1n) is 7.87. The van der Waals surface area contributed by atoms with Crippen LogP contribution in [-0.4, -0.2) is 36.5 Å². The van der Waals surface area contributed by atoms with E-state index in [0.29, 0.717) is 10.7 Å². The SMILES string of the molecule is CCCCCC(CN(C)C)C(/C=C/c1ccccc1Cl)=NO.Cl. The molecule has 0 saturated carbocycles. The zero-order valence-electron chi connectivity index (χ0n) is 14.2. The first-order chi connectivity index (χ1) is 10.6. The molecule has 0 aliphatic heterocycles. The lowest BCUT2D eigenvalue weighted by Crippen LogP contribution is -2.27. The first-order valence-corrected chi connectivity index (χ1v) is 8.25. The van der Waals surface area contributed by atoms with E-state index in [1.54, 1.807) is 0 Å². The van der Waals surface area contributed by atoms with Crippen LogP contribution in [0.2, 0.25) is 5.02 Å². The third-order valence-corrected chi connectivity index (χ3v) is 3.96. The van der Waals surface area contributed by atoms with Crippen molar-refractivity contribution in [3.63, 3.8) is 0 Å². The van der Waals surface area contributed by atoms with E-state index in [0.717, 1.165) is 24.9 Å². The Morgan fingerprint density at radius 2 is 2.00 bits per heavy atom. The van der Waals surface area contributed by atoms with Crippen LogP contribution in [0, 0.1) is 5.92 Å². The topological polar surface area (TPSA) is 35.8 Å². The summed E-state index contributed by atoms with van der Waals surface area (Å²) in [5, 5.41) is 13.6. The summed E-state index contributed by atoms with van der Waals surface area (Å²) in [5.74, 6) is 0.227. The molecule has 0 spiro atoms. The Labute approximate surface area is 151 Å². The van der Waals surface area contributed by atoms with Gasteiger partial charge >= 0.3 is 0 Å². The summed E-state index contributed by atoms with van der Waals surface area (Å²) in [6.45, 7) is 3.06. The molecule has 0 bridgehead atoms. The molecule has 0 fully saturated rings. The van der Waals surface area contributed by atoms with Crippen LogP contribution in [0.25, 0.3) is 6.08 Å². The summed E-state index contributed by atoms with van der Waals surface area (Å²) in [4.78, 5) is 2.13. The summed E-state index contributed by atoms with van der Waals surface area (Å²) in [6, 6.07) is 7.65. The van der Waals surface area contributed by atoms with E-state index in [4.69, 9.17) is 11.6 Å². The molecule has 3 nitrogen and oxygen atoms in total. The molecular weight excluding hydrogens is 331 g/mol. The number of rotatable bonds is 9. The molecule has 1 aromatic carbocycles. The lowest BCUT2D eigenvalue weighted by atomic mass is 9.94.